The molecule has 2 rings (SSSR count). The molecule has 0 atom stereocenters. The zero-order valence-corrected chi connectivity index (χ0v) is 12.4. The number of hydrogen-bond acceptors (Lipinski definition) is 3. The summed E-state index contributed by atoms with van der Waals surface area (Å²) in [5, 5.41) is 16.1. The van der Waals surface area contributed by atoms with E-state index in [0.29, 0.717) is 10.7 Å². The molecule has 0 radical (unpaired) electrons. The Labute approximate surface area is 128 Å². The second-order valence-electron chi connectivity index (χ2n) is 4.60. The van der Waals surface area contributed by atoms with Gasteiger partial charge in [0, 0.05) is 17.3 Å². The molecule has 0 spiro atoms. The number of carbonyl (C=O) groups excluding carboxylic acids is 1. The summed E-state index contributed by atoms with van der Waals surface area (Å²) in [6.45, 7) is 3.66. The molecule has 0 unspecified atom stereocenters. The zero-order chi connectivity index (χ0) is 15.2. The predicted molar refractivity (Wildman–Crippen MR) is 84.9 cm³/mol. The molecule has 5 heteroatoms. The molecule has 2 aromatic rings. The van der Waals surface area contributed by atoms with Crippen LogP contribution in [0.25, 0.3) is 0 Å². The minimum atomic E-state index is -0.393. The van der Waals surface area contributed by atoms with Crippen LogP contribution in [-0.4, -0.2) is 17.6 Å². The van der Waals surface area contributed by atoms with Crippen LogP contribution in [0.3, 0.4) is 0 Å². The minimum absolute atomic E-state index is 0.0966. The molecule has 0 heterocycles. The van der Waals surface area contributed by atoms with Crippen molar-refractivity contribution in [2.45, 2.75) is 13.5 Å². The van der Waals surface area contributed by atoms with E-state index in [2.05, 4.69) is 10.6 Å². The van der Waals surface area contributed by atoms with Gasteiger partial charge in [-0.3, -0.25) is 4.79 Å². The van der Waals surface area contributed by atoms with E-state index in [4.69, 9.17) is 11.6 Å². The maximum Gasteiger partial charge on any atom is 0.259 e. The predicted octanol–water partition coefficient (Wildman–Crippen LogP) is 3.41. The van der Waals surface area contributed by atoms with Crippen LogP contribution < -0.4 is 10.6 Å². The fourth-order valence-corrected chi connectivity index (χ4v) is 2.09. The largest absolute Gasteiger partial charge is 0.507 e. The highest BCUT2D eigenvalue weighted by atomic mass is 35.5. The lowest BCUT2D eigenvalue weighted by Gasteiger charge is -2.09. The van der Waals surface area contributed by atoms with Crippen molar-refractivity contribution in [3.63, 3.8) is 0 Å². The maximum absolute atomic E-state index is 12.2. The number of aromatic hydroxyl groups is 1. The first-order valence-electron chi connectivity index (χ1n) is 6.69. The fraction of sp³-hybridized carbons (Fsp3) is 0.188. The van der Waals surface area contributed by atoms with E-state index in [1.165, 1.54) is 18.2 Å². The zero-order valence-electron chi connectivity index (χ0n) is 11.7. The van der Waals surface area contributed by atoms with Crippen molar-refractivity contribution in [2.24, 2.45) is 0 Å². The minimum Gasteiger partial charge on any atom is -0.507 e. The number of hydrogen-bond donors (Lipinski definition) is 3. The van der Waals surface area contributed by atoms with Crippen LogP contribution in [0, 0.1) is 0 Å². The van der Waals surface area contributed by atoms with Crippen LogP contribution in [0.2, 0.25) is 5.02 Å². The van der Waals surface area contributed by atoms with E-state index in [-0.39, 0.29) is 11.3 Å². The molecule has 0 aliphatic carbocycles. The third-order valence-electron chi connectivity index (χ3n) is 2.97. The molecule has 0 saturated carbocycles. The highest BCUT2D eigenvalue weighted by Gasteiger charge is 2.12. The van der Waals surface area contributed by atoms with Crippen molar-refractivity contribution < 1.29 is 9.90 Å². The van der Waals surface area contributed by atoms with Gasteiger partial charge in [0.05, 0.1) is 5.56 Å². The first kappa shape index (κ1) is 15.4. The Morgan fingerprint density at radius 1 is 1.24 bits per heavy atom. The Bertz CT molecular complexity index is 644. The van der Waals surface area contributed by atoms with Gasteiger partial charge in [-0.15, -0.1) is 0 Å². The third-order valence-corrected chi connectivity index (χ3v) is 3.20. The number of anilines is 1. The van der Waals surface area contributed by atoms with Gasteiger partial charge >= 0.3 is 0 Å². The summed E-state index contributed by atoms with van der Waals surface area (Å²) in [7, 11) is 0. The molecule has 21 heavy (non-hydrogen) atoms. The summed E-state index contributed by atoms with van der Waals surface area (Å²) in [6, 6.07) is 11.9. The SMILES string of the molecule is CCNCc1cccc(NC(=O)c2cc(Cl)ccc2O)c1. The van der Waals surface area contributed by atoms with Crippen molar-refractivity contribution in [3.05, 3.63) is 58.6 Å². The van der Waals surface area contributed by atoms with Gasteiger partial charge in [-0.25, -0.2) is 0 Å². The van der Waals surface area contributed by atoms with E-state index in [0.717, 1.165) is 18.7 Å². The number of halogens is 1. The standard InChI is InChI=1S/C16H17ClN2O2/c1-2-18-10-11-4-3-5-13(8-11)19-16(21)14-9-12(17)6-7-15(14)20/h3-9,18,20H,2,10H2,1H3,(H,19,21). The average Bonchev–Trinajstić information content (AvgIpc) is 2.48. The van der Waals surface area contributed by atoms with E-state index >= 15 is 0 Å². The van der Waals surface area contributed by atoms with Crippen LogP contribution in [0.15, 0.2) is 42.5 Å². The first-order chi connectivity index (χ1) is 10.1. The summed E-state index contributed by atoms with van der Waals surface area (Å²) in [5.41, 5.74) is 1.90. The van der Waals surface area contributed by atoms with Crippen molar-refractivity contribution in [1.29, 1.82) is 0 Å². The molecule has 1 amide bonds. The van der Waals surface area contributed by atoms with Gasteiger partial charge in [0.15, 0.2) is 0 Å². The van der Waals surface area contributed by atoms with E-state index in [9.17, 15) is 9.90 Å². The molecule has 0 aliphatic rings. The molecule has 3 N–H and O–H groups in total. The molecule has 0 aromatic heterocycles. The van der Waals surface area contributed by atoms with Crippen LogP contribution in [0.5, 0.6) is 5.75 Å². The smallest absolute Gasteiger partial charge is 0.259 e. The van der Waals surface area contributed by atoms with Crippen LogP contribution in [0.1, 0.15) is 22.8 Å². The quantitative estimate of drug-likeness (QED) is 0.793. The highest BCUT2D eigenvalue weighted by Crippen LogP contribution is 2.22. The molecule has 0 bridgehead atoms. The first-order valence-corrected chi connectivity index (χ1v) is 7.07. The molecule has 0 aliphatic heterocycles. The Hall–Kier alpha value is -2.04. The highest BCUT2D eigenvalue weighted by molar-refractivity contribution is 6.31. The number of phenolic OH excluding ortho intramolecular Hbond substituents is 1. The Balaban J connectivity index is 2.14. The summed E-state index contributed by atoms with van der Waals surface area (Å²) in [4.78, 5) is 12.2. The molecule has 110 valence electrons. The van der Waals surface area contributed by atoms with Gasteiger partial charge in [0.25, 0.3) is 5.91 Å². The third kappa shape index (κ3) is 4.21. The van der Waals surface area contributed by atoms with Crippen molar-refractivity contribution in [3.8, 4) is 5.75 Å². The number of benzene rings is 2. The monoisotopic (exact) mass is 304 g/mol. The number of carbonyl (C=O) groups is 1. The Morgan fingerprint density at radius 2 is 2.05 bits per heavy atom. The second-order valence-corrected chi connectivity index (χ2v) is 5.03. The lowest BCUT2D eigenvalue weighted by molar-refractivity contribution is 0.102. The number of nitrogens with one attached hydrogen (secondary N) is 2. The van der Waals surface area contributed by atoms with Gasteiger partial charge < -0.3 is 15.7 Å². The molecule has 0 fully saturated rings. The Kier molecular flexibility index (Phi) is 5.20. The lowest BCUT2D eigenvalue weighted by Crippen LogP contribution is -2.14. The fourth-order valence-electron chi connectivity index (χ4n) is 1.92. The van der Waals surface area contributed by atoms with Gasteiger partial charge in [-0.2, -0.15) is 0 Å². The summed E-state index contributed by atoms with van der Waals surface area (Å²) < 4.78 is 0. The summed E-state index contributed by atoms with van der Waals surface area (Å²) in [5.74, 6) is -0.490. The van der Waals surface area contributed by atoms with Crippen molar-refractivity contribution in [1.82, 2.24) is 5.32 Å². The summed E-state index contributed by atoms with van der Waals surface area (Å²) >= 11 is 5.85. The maximum atomic E-state index is 12.2. The molecular weight excluding hydrogens is 288 g/mol. The van der Waals surface area contributed by atoms with E-state index in [1.54, 1.807) is 6.07 Å². The topological polar surface area (TPSA) is 61.4 Å². The van der Waals surface area contributed by atoms with Gasteiger partial charge in [-0.1, -0.05) is 30.7 Å². The van der Waals surface area contributed by atoms with Gasteiger partial charge in [0.1, 0.15) is 5.75 Å². The van der Waals surface area contributed by atoms with E-state index in [1.807, 2.05) is 25.1 Å². The van der Waals surface area contributed by atoms with Crippen LogP contribution in [0.4, 0.5) is 5.69 Å². The van der Waals surface area contributed by atoms with Crippen molar-refractivity contribution in [2.75, 3.05) is 11.9 Å². The van der Waals surface area contributed by atoms with Crippen molar-refractivity contribution >= 4 is 23.2 Å². The van der Waals surface area contributed by atoms with Gasteiger partial charge in [-0.05, 0) is 42.4 Å². The normalized spacial score (nSPS) is 10.4. The second kappa shape index (κ2) is 7.11. The number of amides is 1. The van der Waals surface area contributed by atoms with E-state index < -0.39 is 5.91 Å². The van der Waals surface area contributed by atoms with Crippen LogP contribution in [-0.2, 0) is 6.54 Å². The lowest BCUT2D eigenvalue weighted by atomic mass is 10.1. The van der Waals surface area contributed by atoms with Crippen LogP contribution >= 0.6 is 11.6 Å². The molecule has 0 saturated heterocycles. The van der Waals surface area contributed by atoms with Gasteiger partial charge in [0.2, 0.25) is 0 Å². The average molecular weight is 305 g/mol. The molecule has 2 aromatic carbocycles. The molecule has 4 nitrogen and oxygen atoms in total. The molecular formula is C16H17ClN2O2. The number of phenols is 1. The number of rotatable bonds is 5. The summed E-state index contributed by atoms with van der Waals surface area (Å²) in [6.07, 6.45) is 0. The Morgan fingerprint density at radius 3 is 2.81 bits per heavy atom.